The number of benzene rings is 3. The van der Waals surface area contributed by atoms with E-state index in [-0.39, 0.29) is 12.3 Å². The Balaban J connectivity index is 1.64. The van der Waals surface area contributed by atoms with Gasteiger partial charge < -0.3 is 15.4 Å². The van der Waals surface area contributed by atoms with E-state index >= 15 is 0 Å². The van der Waals surface area contributed by atoms with Gasteiger partial charge in [-0.1, -0.05) is 42.0 Å². The second kappa shape index (κ2) is 9.56. The van der Waals surface area contributed by atoms with Crippen molar-refractivity contribution in [2.45, 2.75) is 26.3 Å². The third-order valence-corrected chi connectivity index (χ3v) is 5.39. The zero-order valence-electron chi connectivity index (χ0n) is 18.5. The molecule has 33 heavy (non-hydrogen) atoms. The van der Waals surface area contributed by atoms with Crippen molar-refractivity contribution in [2.75, 3.05) is 22.1 Å². The molecule has 0 saturated heterocycles. The molecular weight excluding hydrogens is 418 g/mol. The first-order chi connectivity index (χ1) is 16.0. The summed E-state index contributed by atoms with van der Waals surface area (Å²) >= 11 is 0. The summed E-state index contributed by atoms with van der Waals surface area (Å²) in [6, 6.07) is 20.3. The molecule has 0 fully saturated rings. The Bertz CT molecular complexity index is 1190. The molecule has 7 heteroatoms. The topological polar surface area (TPSA) is 87.7 Å². The summed E-state index contributed by atoms with van der Waals surface area (Å²) in [6.45, 7) is 4.25. The number of anilines is 3. The van der Waals surface area contributed by atoms with Gasteiger partial charge >= 0.3 is 0 Å². The van der Waals surface area contributed by atoms with E-state index in [1.165, 1.54) is 4.90 Å². The molecule has 0 spiro atoms. The van der Waals surface area contributed by atoms with Gasteiger partial charge in [-0.2, -0.15) is 0 Å². The van der Waals surface area contributed by atoms with Gasteiger partial charge in [0.25, 0.3) is 5.91 Å². The Labute approximate surface area is 192 Å². The average Bonchev–Trinajstić information content (AvgIpc) is 2.81. The van der Waals surface area contributed by atoms with Crippen molar-refractivity contribution in [1.29, 1.82) is 0 Å². The highest BCUT2D eigenvalue weighted by atomic mass is 16.5. The highest BCUT2D eigenvalue weighted by molar-refractivity contribution is 6.17. The molecule has 0 bridgehead atoms. The number of carbonyl (C=O) groups excluding carboxylic acids is 3. The van der Waals surface area contributed by atoms with E-state index in [4.69, 9.17) is 4.74 Å². The smallest absolute Gasteiger partial charge is 0.259 e. The minimum Gasteiger partial charge on any atom is -0.492 e. The number of fused-ring (bicyclic) bond motifs is 1. The molecule has 0 radical (unpaired) electrons. The fourth-order valence-electron chi connectivity index (χ4n) is 3.79. The van der Waals surface area contributed by atoms with Crippen LogP contribution in [-0.4, -0.2) is 30.4 Å². The Morgan fingerprint density at radius 2 is 1.70 bits per heavy atom. The van der Waals surface area contributed by atoms with Gasteiger partial charge in [0.2, 0.25) is 11.8 Å². The SMILES string of the molecule is CCOc1ccccc1NC(=O)CC1C(=O)Nc2ccccc2N1C(=O)c1ccc(C)cc1. The van der Waals surface area contributed by atoms with Crippen LogP contribution in [0.15, 0.2) is 72.8 Å². The average molecular weight is 444 g/mol. The number of para-hydroxylation sites is 4. The first kappa shape index (κ1) is 22.1. The van der Waals surface area contributed by atoms with Crippen molar-refractivity contribution in [1.82, 2.24) is 0 Å². The first-order valence-electron chi connectivity index (χ1n) is 10.8. The third-order valence-electron chi connectivity index (χ3n) is 5.39. The minimum absolute atomic E-state index is 0.210. The quantitative estimate of drug-likeness (QED) is 0.592. The number of hydrogen-bond acceptors (Lipinski definition) is 4. The van der Waals surface area contributed by atoms with Gasteiger partial charge in [-0.25, -0.2) is 0 Å². The van der Waals surface area contributed by atoms with Crippen LogP contribution >= 0.6 is 0 Å². The lowest BCUT2D eigenvalue weighted by Gasteiger charge is -2.36. The van der Waals surface area contributed by atoms with Crippen LogP contribution in [0, 0.1) is 6.92 Å². The molecule has 3 aromatic carbocycles. The molecule has 2 N–H and O–H groups in total. The molecule has 1 aliphatic rings. The monoisotopic (exact) mass is 443 g/mol. The molecule has 3 aromatic rings. The van der Waals surface area contributed by atoms with Crippen molar-refractivity contribution >= 4 is 34.8 Å². The molecule has 4 rings (SSSR count). The third kappa shape index (κ3) is 4.72. The molecule has 1 unspecified atom stereocenters. The standard InChI is InChI=1S/C26H25N3O4/c1-3-33-23-11-7-5-9-20(23)27-24(30)16-22-25(31)28-19-8-4-6-10-21(19)29(22)26(32)18-14-12-17(2)13-15-18/h4-15,22H,3,16H2,1-2H3,(H,27,30)(H,28,31). The number of aryl methyl sites for hydroxylation is 1. The van der Waals surface area contributed by atoms with Crippen LogP contribution in [0.25, 0.3) is 0 Å². The molecule has 1 heterocycles. The Morgan fingerprint density at radius 1 is 1.00 bits per heavy atom. The first-order valence-corrected chi connectivity index (χ1v) is 10.8. The Kier molecular flexibility index (Phi) is 6.40. The molecule has 1 atom stereocenters. The normalized spacial score (nSPS) is 14.8. The second-order valence-corrected chi connectivity index (χ2v) is 7.74. The fraction of sp³-hybridized carbons (Fsp3) is 0.192. The van der Waals surface area contributed by atoms with Crippen LogP contribution in [-0.2, 0) is 9.59 Å². The summed E-state index contributed by atoms with van der Waals surface area (Å²) in [6.07, 6.45) is -0.210. The number of nitrogens with one attached hydrogen (secondary N) is 2. The molecule has 0 aromatic heterocycles. The lowest BCUT2D eigenvalue weighted by Crippen LogP contribution is -2.52. The maximum absolute atomic E-state index is 13.5. The largest absolute Gasteiger partial charge is 0.492 e. The summed E-state index contributed by atoms with van der Waals surface area (Å²) in [5, 5.41) is 5.63. The van der Waals surface area contributed by atoms with Gasteiger partial charge in [-0.15, -0.1) is 0 Å². The predicted molar refractivity (Wildman–Crippen MR) is 128 cm³/mol. The van der Waals surface area contributed by atoms with Gasteiger partial charge in [-0.3, -0.25) is 19.3 Å². The predicted octanol–water partition coefficient (Wildman–Crippen LogP) is 4.39. The van der Waals surface area contributed by atoms with E-state index in [0.717, 1.165) is 5.56 Å². The van der Waals surface area contributed by atoms with Crippen molar-refractivity contribution in [3.05, 3.63) is 83.9 Å². The van der Waals surface area contributed by atoms with Gasteiger partial charge in [0.15, 0.2) is 0 Å². The van der Waals surface area contributed by atoms with Crippen molar-refractivity contribution in [3.63, 3.8) is 0 Å². The minimum atomic E-state index is -1.01. The van der Waals surface area contributed by atoms with E-state index < -0.39 is 17.9 Å². The maximum atomic E-state index is 13.5. The maximum Gasteiger partial charge on any atom is 0.259 e. The Morgan fingerprint density at radius 3 is 2.45 bits per heavy atom. The van der Waals surface area contributed by atoms with E-state index in [1.807, 2.05) is 32.0 Å². The molecule has 7 nitrogen and oxygen atoms in total. The van der Waals surface area contributed by atoms with Gasteiger partial charge in [0.05, 0.1) is 30.1 Å². The molecule has 1 aliphatic heterocycles. The highest BCUT2D eigenvalue weighted by Crippen LogP contribution is 2.34. The van der Waals surface area contributed by atoms with Crippen LogP contribution in [0.3, 0.4) is 0 Å². The number of rotatable bonds is 6. The van der Waals surface area contributed by atoms with E-state index in [1.54, 1.807) is 54.6 Å². The van der Waals surface area contributed by atoms with Gasteiger partial charge in [-0.05, 0) is 50.2 Å². The highest BCUT2D eigenvalue weighted by Gasteiger charge is 2.38. The molecular formula is C26H25N3O4. The van der Waals surface area contributed by atoms with Crippen LogP contribution in [0.2, 0.25) is 0 Å². The van der Waals surface area contributed by atoms with Crippen molar-refractivity contribution in [3.8, 4) is 5.75 Å². The summed E-state index contributed by atoms with van der Waals surface area (Å²) in [5.41, 5.74) is 3.05. The van der Waals surface area contributed by atoms with E-state index in [9.17, 15) is 14.4 Å². The lowest BCUT2D eigenvalue weighted by atomic mass is 10.0. The molecule has 0 saturated carbocycles. The van der Waals surface area contributed by atoms with E-state index in [0.29, 0.717) is 35.0 Å². The molecule has 0 aliphatic carbocycles. The van der Waals surface area contributed by atoms with E-state index in [2.05, 4.69) is 10.6 Å². The fourth-order valence-corrected chi connectivity index (χ4v) is 3.79. The zero-order valence-corrected chi connectivity index (χ0v) is 18.5. The van der Waals surface area contributed by atoms with Crippen molar-refractivity contribution < 1.29 is 19.1 Å². The molecule has 3 amide bonds. The zero-order chi connectivity index (χ0) is 23.4. The van der Waals surface area contributed by atoms with Crippen LogP contribution in [0.1, 0.15) is 29.3 Å². The lowest BCUT2D eigenvalue weighted by molar-refractivity contribution is -0.122. The van der Waals surface area contributed by atoms with Gasteiger partial charge in [0.1, 0.15) is 11.8 Å². The number of amides is 3. The number of ether oxygens (including phenoxy) is 1. The van der Waals surface area contributed by atoms with Crippen LogP contribution < -0.4 is 20.3 Å². The number of carbonyl (C=O) groups is 3. The number of hydrogen-bond donors (Lipinski definition) is 2. The van der Waals surface area contributed by atoms with Gasteiger partial charge in [0, 0.05) is 5.56 Å². The van der Waals surface area contributed by atoms with Crippen LogP contribution in [0.4, 0.5) is 17.1 Å². The van der Waals surface area contributed by atoms with Crippen molar-refractivity contribution in [2.24, 2.45) is 0 Å². The number of nitrogens with zero attached hydrogens (tertiary/aromatic N) is 1. The van der Waals surface area contributed by atoms with Crippen LogP contribution in [0.5, 0.6) is 5.75 Å². The second-order valence-electron chi connectivity index (χ2n) is 7.74. The summed E-state index contributed by atoms with van der Waals surface area (Å²) in [7, 11) is 0. The summed E-state index contributed by atoms with van der Waals surface area (Å²) < 4.78 is 5.56. The summed E-state index contributed by atoms with van der Waals surface area (Å²) in [4.78, 5) is 40.9. The molecule has 168 valence electrons. The Hall–Kier alpha value is -4.13. The summed E-state index contributed by atoms with van der Waals surface area (Å²) in [5.74, 6) is -0.616.